The van der Waals surface area contributed by atoms with E-state index in [9.17, 15) is 18.0 Å². The molecule has 0 heterocycles. The zero-order valence-electron chi connectivity index (χ0n) is 16.8. The lowest BCUT2D eigenvalue weighted by Crippen LogP contribution is -2.39. The van der Waals surface area contributed by atoms with E-state index >= 15 is 0 Å². The number of carbonyl (C=O) groups is 2. The van der Waals surface area contributed by atoms with E-state index in [1.54, 1.807) is 48.5 Å². The highest BCUT2D eigenvalue weighted by Gasteiger charge is 2.33. The van der Waals surface area contributed by atoms with Gasteiger partial charge in [-0.2, -0.15) is 8.42 Å². The van der Waals surface area contributed by atoms with Crippen LogP contribution in [0.3, 0.4) is 0 Å². The van der Waals surface area contributed by atoms with Crippen molar-refractivity contribution in [1.29, 1.82) is 0 Å². The molecule has 0 unspecified atom stereocenters. The second-order valence-electron chi connectivity index (χ2n) is 6.31. The summed E-state index contributed by atoms with van der Waals surface area (Å²) in [6, 6.07) is 21.9. The average Bonchev–Trinajstić information content (AvgIpc) is 2.82. The van der Waals surface area contributed by atoms with Gasteiger partial charge in [-0.1, -0.05) is 53.0 Å². The summed E-state index contributed by atoms with van der Waals surface area (Å²) in [6.07, 6.45) is -0.936. The van der Waals surface area contributed by atoms with Crippen LogP contribution in [0.15, 0.2) is 89.8 Å². The minimum Gasteiger partial charge on any atom is -0.465 e. The van der Waals surface area contributed by atoms with Crippen molar-refractivity contribution in [2.24, 2.45) is 0 Å². The van der Waals surface area contributed by atoms with Crippen molar-refractivity contribution in [2.45, 2.75) is 4.90 Å². The van der Waals surface area contributed by atoms with Crippen LogP contribution in [0.1, 0.15) is 10.4 Å². The van der Waals surface area contributed by atoms with Crippen LogP contribution in [0.2, 0.25) is 0 Å². The Balaban J connectivity index is 2.05. The van der Waals surface area contributed by atoms with Crippen LogP contribution in [0.25, 0.3) is 0 Å². The van der Waals surface area contributed by atoms with E-state index in [1.807, 2.05) is 0 Å². The normalized spacial score (nSPS) is 10.8. The maximum absolute atomic E-state index is 13.5. The first-order valence-electron chi connectivity index (χ1n) is 9.14. The Labute approximate surface area is 180 Å². The quantitative estimate of drug-likeness (QED) is 0.427. The number of nitrogens with zero attached hydrogens (tertiary/aromatic N) is 2. The minimum absolute atomic E-state index is 0.0805. The molecule has 1 amide bonds. The van der Waals surface area contributed by atoms with Crippen molar-refractivity contribution in [3.8, 4) is 0 Å². The second kappa shape index (κ2) is 9.31. The number of ether oxygens (including phenoxy) is 1. The lowest BCUT2D eigenvalue weighted by Gasteiger charge is -2.26. The maximum atomic E-state index is 13.5. The van der Waals surface area contributed by atoms with Crippen LogP contribution >= 0.6 is 0 Å². The Morgan fingerprint density at radius 2 is 1.29 bits per heavy atom. The molecule has 8 nitrogen and oxygen atoms in total. The molecule has 0 N–H and O–H groups in total. The number of methoxy groups -OCH3 is 1. The van der Waals surface area contributed by atoms with E-state index < -0.39 is 22.1 Å². The van der Waals surface area contributed by atoms with Gasteiger partial charge in [0.15, 0.2) is 0 Å². The van der Waals surface area contributed by atoms with E-state index in [0.29, 0.717) is 10.2 Å². The number of amides is 1. The zero-order valence-corrected chi connectivity index (χ0v) is 17.7. The van der Waals surface area contributed by atoms with E-state index in [-0.39, 0.29) is 16.1 Å². The Kier molecular flexibility index (Phi) is 6.56. The standard InChI is InChI=1S/C22H20N2O6S/c1-23(17-11-5-3-6-12-17)22(26)30-24(18-13-7-4-8-14-18)31(27,28)20-16-10-9-15-19(20)21(25)29-2/h3-16H,1-2H3. The van der Waals surface area contributed by atoms with Gasteiger partial charge in [0.2, 0.25) is 0 Å². The molecular weight excluding hydrogens is 420 g/mol. The molecule has 0 bridgehead atoms. The summed E-state index contributed by atoms with van der Waals surface area (Å²) in [4.78, 5) is 31.0. The third-order valence-electron chi connectivity index (χ3n) is 4.33. The Morgan fingerprint density at radius 3 is 1.87 bits per heavy atom. The van der Waals surface area contributed by atoms with Gasteiger partial charge in [-0.15, -0.1) is 0 Å². The summed E-state index contributed by atoms with van der Waals surface area (Å²) in [5.41, 5.74) is 0.406. The van der Waals surface area contributed by atoms with Crippen molar-refractivity contribution < 1.29 is 27.6 Å². The molecule has 3 aromatic rings. The van der Waals surface area contributed by atoms with Gasteiger partial charge in [0.1, 0.15) is 4.90 Å². The maximum Gasteiger partial charge on any atom is 0.439 e. The van der Waals surface area contributed by atoms with Crippen molar-refractivity contribution in [2.75, 3.05) is 23.5 Å². The van der Waals surface area contributed by atoms with Gasteiger partial charge >= 0.3 is 12.1 Å². The first-order valence-corrected chi connectivity index (χ1v) is 10.6. The minimum atomic E-state index is -4.49. The number of hydrogen-bond acceptors (Lipinski definition) is 6. The molecule has 3 aromatic carbocycles. The average molecular weight is 440 g/mol. The Bertz CT molecular complexity index is 1170. The highest BCUT2D eigenvalue weighted by molar-refractivity contribution is 7.92. The molecule has 0 aliphatic heterocycles. The molecule has 0 saturated carbocycles. The number of anilines is 2. The number of benzene rings is 3. The van der Waals surface area contributed by atoms with Crippen molar-refractivity contribution in [3.05, 3.63) is 90.5 Å². The zero-order chi connectivity index (χ0) is 22.4. The number of carbonyl (C=O) groups excluding carboxylic acids is 2. The molecule has 9 heteroatoms. The van der Waals surface area contributed by atoms with E-state index in [2.05, 4.69) is 0 Å². The van der Waals surface area contributed by atoms with Crippen LogP contribution in [0.4, 0.5) is 16.2 Å². The summed E-state index contributed by atoms with van der Waals surface area (Å²) in [5, 5.41) is 0. The largest absolute Gasteiger partial charge is 0.465 e. The summed E-state index contributed by atoms with van der Waals surface area (Å²) < 4.78 is 32.2. The van der Waals surface area contributed by atoms with Crippen LogP contribution in [0, 0.1) is 0 Å². The monoisotopic (exact) mass is 440 g/mol. The number of sulfonamides is 1. The topological polar surface area (TPSA) is 93.2 Å². The van der Waals surface area contributed by atoms with Gasteiger partial charge in [0.05, 0.1) is 18.4 Å². The van der Waals surface area contributed by atoms with Crippen LogP contribution in [0.5, 0.6) is 0 Å². The van der Waals surface area contributed by atoms with Gasteiger partial charge in [0.25, 0.3) is 10.0 Å². The van der Waals surface area contributed by atoms with Crippen LogP contribution in [-0.4, -0.2) is 34.6 Å². The first kappa shape index (κ1) is 21.8. The third kappa shape index (κ3) is 4.67. The molecule has 0 aromatic heterocycles. The second-order valence-corrected chi connectivity index (χ2v) is 8.03. The van der Waals surface area contributed by atoms with E-state index in [4.69, 9.17) is 9.57 Å². The van der Waals surface area contributed by atoms with Crippen molar-refractivity contribution in [3.63, 3.8) is 0 Å². The Morgan fingerprint density at radius 1 is 0.774 bits per heavy atom. The van der Waals surface area contributed by atoms with Gasteiger partial charge in [0, 0.05) is 12.7 Å². The summed E-state index contributed by atoms with van der Waals surface area (Å²) in [6.45, 7) is 0. The smallest absolute Gasteiger partial charge is 0.439 e. The molecule has 31 heavy (non-hydrogen) atoms. The molecule has 0 spiro atoms. The van der Waals surface area contributed by atoms with Gasteiger partial charge in [-0.05, 0) is 36.4 Å². The van der Waals surface area contributed by atoms with Gasteiger partial charge < -0.3 is 9.57 Å². The van der Waals surface area contributed by atoms with Crippen molar-refractivity contribution in [1.82, 2.24) is 0 Å². The molecule has 0 saturated heterocycles. The molecule has 0 radical (unpaired) electrons. The molecule has 3 rings (SSSR count). The fourth-order valence-electron chi connectivity index (χ4n) is 2.74. The number of rotatable bonds is 6. The third-order valence-corrected chi connectivity index (χ3v) is 5.97. The summed E-state index contributed by atoms with van der Waals surface area (Å²) in [7, 11) is -1.89. The Hall–Kier alpha value is -3.85. The predicted octanol–water partition coefficient (Wildman–Crippen LogP) is 3.86. The number of esters is 1. The highest BCUT2D eigenvalue weighted by atomic mass is 32.2. The fourth-order valence-corrected chi connectivity index (χ4v) is 4.16. The fraction of sp³-hybridized carbons (Fsp3) is 0.0909. The van der Waals surface area contributed by atoms with Crippen molar-refractivity contribution >= 4 is 33.5 Å². The molecule has 0 atom stereocenters. The lowest BCUT2D eigenvalue weighted by atomic mass is 10.2. The van der Waals surface area contributed by atoms with E-state index in [1.165, 1.54) is 43.4 Å². The first-order chi connectivity index (χ1) is 14.9. The molecule has 0 aliphatic carbocycles. The van der Waals surface area contributed by atoms with Crippen LogP contribution < -0.4 is 9.37 Å². The molecule has 160 valence electrons. The SMILES string of the molecule is COC(=O)c1ccccc1S(=O)(=O)N(OC(=O)N(C)c1ccccc1)c1ccccc1. The van der Waals surface area contributed by atoms with Crippen LogP contribution in [-0.2, 0) is 19.6 Å². The highest BCUT2D eigenvalue weighted by Crippen LogP contribution is 2.27. The number of hydrogen-bond donors (Lipinski definition) is 0. The van der Waals surface area contributed by atoms with Gasteiger partial charge in [-0.3, -0.25) is 4.90 Å². The summed E-state index contributed by atoms with van der Waals surface area (Å²) >= 11 is 0. The molecule has 0 aliphatic rings. The summed E-state index contributed by atoms with van der Waals surface area (Å²) in [5.74, 6) is -0.833. The molecule has 0 fully saturated rings. The predicted molar refractivity (Wildman–Crippen MR) is 115 cm³/mol. The lowest BCUT2D eigenvalue weighted by molar-refractivity contribution is 0.0596. The number of para-hydroxylation sites is 2. The molecular formula is C22H20N2O6S. The van der Waals surface area contributed by atoms with E-state index in [0.717, 1.165) is 12.0 Å². The van der Waals surface area contributed by atoms with Gasteiger partial charge in [-0.25, -0.2) is 9.59 Å².